The third-order valence-electron chi connectivity index (χ3n) is 4.84. The second-order valence-corrected chi connectivity index (χ2v) is 10.5. The van der Waals surface area contributed by atoms with Crippen molar-refractivity contribution in [1.29, 1.82) is 0 Å². The summed E-state index contributed by atoms with van der Waals surface area (Å²) in [6, 6.07) is 13.5. The highest BCUT2D eigenvalue weighted by molar-refractivity contribution is 5.98. The van der Waals surface area contributed by atoms with Gasteiger partial charge in [-0.3, -0.25) is 0 Å². The Bertz CT molecular complexity index is 989. The van der Waals surface area contributed by atoms with Crippen molar-refractivity contribution in [3.05, 3.63) is 59.7 Å². The Morgan fingerprint density at radius 3 is 1.36 bits per heavy atom. The third-order valence-corrected chi connectivity index (χ3v) is 4.84. The Kier molecular flexibility index (Phi) is 9.33. The molecule has 2 rings (SSSR count). The maximum absolute atomic E-state index is 13.7. The van der Waals surface area contributed by atoms with Crippen LogP contribution in [0.25, 0.3) is 0 Å². The molecule has 0 atom stereocenters. The van der Waals surface area contributed by atoms with Crippen LogP contribution in [-0.4, -0.2) is 52.3 Å². The number of amides is 4. The first-order valence-corrected chi connectivity index (χ1v) is 11.9. The van der Waals surface area contributed by atoms with Crippen molar-refractivity contribution in [2.75, 3.05) is 24.6 Å². The zero-order valence-corrected chi connectivity index (χ0v) is 22.0. The highest BCUT2D eigenvalue weighted by Gasteiger charge is 2.35. The number of benzene rings is 2. The van der Waals surface area contributed by atoms with E-state index in [0.29, 0.717) is 24.2 Å². The fourth-order valence-electron chi connectivity index (χ4n) is 3.29. The van der Waals surface area contributed by atoms with Crippen molar-refractivity contribution < 1.29 is 23.9 Å². The summed E-state index contributed by atoms with van der Waals surface area (Å²) in [6.07, 6.45) is -1.05. The Labute approximate surface area is 213 Å². The molecule has 0 bridgehead atoms. The van der Waals surface area contributed by atoms with Gasteiger partial charge in [0.2, 0.25) is 0 Å². The standard InChI is InChI=1S/C27H38N4O5/c1-26(2,3)35-24(33)30(15-13-19-9-7-11-21(28)17-19)23(32)31(25(34)36-27(4,5)6)16-14-20-10-8-12-22(29)18-20/h7-12,17-18H,13-16,28-29H2,1-6H3. The lowest BCUT2D eigenvalue weighted by Gasteiger charge is -2.31. The molecule has 0 unspecified atom stereocenters. The topological polar surface area (TPSA) is 128 Å². The van der Waals surface area contributed by atoms with Crippen LogP contribution in [0.1, 0.15) is 52.7 Å². The van der Waals surface area contributed by atoms with Gasteiger partial charge in [0.1, 0.15) is 11.2 Å². The maximum Gasteiger partial charge on any atom is 0.418 e. The van der Waals surface area contributed by atoms with Gasteiger partial charge in [-0.15, -0.1) is 0 Å². The smallest absolute Gasteiger partial charge is 0.418 e. The lowest BCUT2D eigenvalue weighted by Crippen LogP contribution is -2.52. The van der Waals surface area contributed by atoms with Crippen LogP contribution in [0.3, 0.4) is 0 Å². The Hall–Kier alpha value is -3.75. The Balaban J connectivity index is 2.34. The number of rotatable bonds is 6. The molecule has 0 saturated carbocycles. The van der Waals surface area contributed by atoms with Crippen molar-refractivity contribution in [1.82, 2.24) is 9.80 Å². The number of ether oxygens (including phenoxy) is 2. The first-order chi connectivity index (χ1) is 16.6. The van der Waals surface area contributed by atoms with Crippen LogP contribution in [-0.2, 0) is 22.3 Å². The van der Waals surface area contributed by atoms with E-state index in [1.807, 2.05) is 12.1 Å². The summed E-state index contributed by atoms with van der Waals surface area (Å²) in [7, 11) is 0. The number of carbonyl (C=O) groups excluding carboxylic acids is 3. The van der Waals surface area contributed by atoms with E-state index >= 15 is 0 Å². The maximum atomic E-state index is 13.7. The highest BCUT2D eigenvalue weighted by atomic mass is 16.6. The summed E-state index contributed by atoms with van der Waals surface area (Å²) >= 11 is 0. The van der Waals surface area contributed by atoms with Crippen LogP contribution >= 0.6 is 0 Å². The van der Waals surface area contributed by atoms with Crippen LogP contribution in [0, 0.1) is 0 Å². The third kappa shape index (κ3) is 9.48. The molecule has 36 heavy (non-hydrogen) atoms. The number of nitrogens with two attached hydrogens (primary N) is 2. The number of nitrogens with zero attached hydrogens (tertiary/aromatic N) is 2. The molecule has 0 spiro atoms. The summed E-state index contributed by atoms with van der Waals surface area (Å²) in [5.41, 5.74) is 12.9. The molecule has 2 aromatic carbocycles. The Morgan fingerprint density at radius 2 is 1.06 bits per heavy atom. The molecule has 4 amide bonds. The number of carbonyl (C=O) groups is 3. The summed E-state index contributed by atoms with van der Waals surface area (Å²) < 4.78 is 11.0. The molecule has 0 saturated heterocycles. The van der Waals surface area contributed by atoms with Gasteiger partial charge in [-0.1, -0.05) is 24.3 Å². The monoisotopic (exact) mass is 498 g/mol. The molecule has 0 aliphatic rings. The van der Waals surface area contributed by atoms with E-state index in [9.17, 15) is 14.4 Å². The highest BCUT2D eigenvalue weighted by Crippen LogP contribution is 2.17. The molecular weight excluding hydrogens is 460 g/mol. The molecule has 9 nitrogen and oxygen atoms in total. The molecule has 4 N–H and O–H groups in total. The molecule has 2 aromatic rings. The first kappa shape index (κ1) is 28.5. The average Bonchev–Trinajstić information content (AvgIpc) is 2.71. The minimum Gasteiger partial charge on any atom is -0.443 e. The second kappa shape index (κ2) is 11.8. The van der Waals surface area contributed by atoms with Gasteiger partial charge in [0.25, 0.3) is 0 Å². The predicted molar refractivity (Wildman–Crippen MR) is 140 cm³/mol. The summed E-state index contributed by atoms with van der Waals surface area (Å²) in [5, 5.41) is 0. The molecule has 0 aromatic heterocycles. The van der Waals surface area contributed by atoms with E-state index in [1.165, 1.54) is 0 Å². The molecule has 196 valence electrons. The molecule has 0 radical (unpaired) electrons. The summed E-state index contributed by atoms with van der Waals surface area (Å²) in [5.74, 6) is 0. The summed E-state index contributed by atoms with van der Waals surface area (Å²) in [4.78, 5) is 41.7. The molecule has 0 aliphatic heterocycles. The number of hydrogen-bond acceptors (Lipinski definition) is 7. The van der Waals surface area contributed by atoms with Crippen LogP contribution in [0.2, 0.25) is 0 Å². The van der Waals surface area contributed by atoms with Crippen LogP contribution in [0.5, 0.6) is 0 Å². The van der Waals surface area contributed by atoms with Gasteiger partial charge in [0, 0.05) is 24.5 Å². The van der Waals surface area contributed by atoms with E-state index in [4.69, 9.17) is 20.9 Å². The molecule has 0 aliphatic carbocycles. The fraction of sp³-hybridized carbons (Fsp3) is 0.444. The van der Waals surface area contributed by atoms with Crippen LogP contribution < -0.4 is 11.5 Å². The summed E-state index contributed by atoms with van der Waals surface area (Å²) in [6.45, 7) is 10.2. The number of anilines is 2. The molecule has 0 fully saturated rings. The quantitative estimate of drug-likeness (QED) is 0.522. The van der Waals surface area contributed by atoms with E-state index in [0.717, 1.165) is 20.9 Å². The molecular formula is C27H38N4O5. The van der Waals surface area contributed by atoms with Gasteiger partial charge in [-0.05, 0) is 89.8 Å². The van der Waals surface area contributed by atoms with Crippen LogP contribution in [0.4, 0.5) is 25.8 Å². The van der Waals surface area contributed by atoms with Gasteiger partial charge in [0.15, 0.2) is 0 Å². The SMILES string of the molecule is CC(C)(C)OC(=O)N(CCc1cccc(N)c1)C(=O)N(CCc1cccc(N)c1)C(=O)OC(C)(C)C. The number of hydrogen-bond donors (Lipinski definition) is 2. The van der Waals surface area contributed by atoms with Crippen molar-refractivity contribution in [2.45, 2.75) is 65.6 Å². The zero-order valence-electron chi connectivity index (χ0n) is 22.0. The minimum atomic E-state index is -0.853. The molecule has 0 heterocycles. The molecule has 9 heteroatoms. The van der Waals surface area contributed by atoms with E-state index < -0.39 is 29.4 Å². The van der Waals surface area contributed by atoms with Crippen molar-refractivity contribution in [3.63, 3.8) is 0 Å². The van der Waals surface area contributed by atoms with E-state index in [2.05, 4.69) is 0 Å². The largest absolute Gasteiger partial charge is 0.443 e. The van der Waals surface area contributed by atoms with Gasteiger partial charge in [0.05, 0.1) is 0 Å². The number of imide groups is 2. The minimum absolute atomic E-state index is 0.0191. The van der Waals surface area contributed by atoms with Gasteiger partial charge >= 0.3 is 18.2 Å². The predicted octanol–water partition coefficient (Wildman–Crippen LogP) is 5.23. The lowest BCUT2D eigenvalue weighted by molar-refractivity contribution is 0.0189. The first-order valence-electron chi connectivity index (χ1n) is 11.9. The zero-order chi connectivity index (χ0) is 27.1. The lowest BCUT2D eigenvalue weighted by atomic mass is 10.1. The Morgan fingerprint density at radius 1 is 0.694 bits per heavy atom. The number of nitrogen functional groups attached to an aromatic ring is 2. The van der Waals surface area contributed by atoms with Crippen molar-refractivity contribution in [2.24, 2.45) is 0 Å². The normalized spacial score (nSPS) is 11.5. The van der Waals surface area contributed by atoms with Gasteiger partial charge in [-0.25, -0.2) is 24.2 Å². The average molecular weight is 499 g/mol. The number of urea groups is 1. The van der Waals surface area contributed by atoms with E-state index in [-0.39, 0.29) is 13.1 Å². The van der Waals surface area contributed by atoms with Crippen molar-refractivity contribution >= 4 is 29.6 Å². The fourth-order valence-corrected chi connectivity index (χ4v) is 3.29. The van der Waals surface area contributed by atoms with Crippen LogP contribution in [0.15, 0.2) is 48.5 Å². The van der Waals surface area contributed by atoms with Crippen molar-refractivity contribution in [3.8, 4) is 0 Å². The van der Waals surface area contributed by atoms with Gasteiger partial charge < -0.3 is 20.9 Å². The van der Waals surface area contributed by atoms with Gasteiger partial charge in [-0.2, -0.15) is 0 Å². The van der Waals surface area contributed by atoms with E-state index in [1.54, 1.807) is 77.9 Å². The second-order valence-electron chi connectivity index (χ2n) is 10.5.